The topological polar surface area (TPSA) is 144 Å². The van der Waals surface area contributed by atoms with Crippen LogP contribution in [-0.4, -0.2) is 104 Å². The molecule has 294 valence electrons. The number of rotatable bonds is 11. The average Bonchev–Trinajstić information content (AvgIpc) is 3.56. The van der Waals surface area contributed by atoms with Gasteiger partial charge in [0.25, 0.3) is 0 Å². The maximum Gasteiger partial charge on any atom is 0.326 e. The van der Waals surface area contributed by atoms with Gasteiger partial charge in [-0.25, -0.2) is 9.59 Å². The number of piperidine rings is 3. The van der Waals surface area contributed by atoms with E-state index in [-0.39, 0.29) is 23.7 Å². The summed E-state index contributed by atoms with van der Waals surface area (Å²) in [5.41, 5.74) is 5.84. The van der Waals surface area contributed by atoms with Gasteiger partial charge in [-0.05, 0) is 105 Å². The number of fused-ring (bicyclic) bond motifs is 3. The fraction of sp³-hybridized carbons (Fsp3) is 0.558. The van der Waals surface area contributed by atoms with Crippen molar-refractivity contribution in [3.05, 3.63) is 75.8 Å². The van der Waals surface area contributed by atoms with E-state index in [1.54, 1.807) is 15.7 Å². The Labute approximate surface area is 323 Å². The zero-order valence-corrected chi connectivity index (χ0v) is 32.6. The van der Waals surface area contributed by atoms with Crippen molar-refractivity contribution in [1.82, 2.24) is 34.6 Å². The van der Waals surface area contributed by atoms with Crippen LogP contribution in [0.1, 0.15) is 88.4 Å². The first-order valence-electron chi connectivity index (χ1n) is 20.6. The van der Waals surface area contributed by atoms with E-state index < -0.39 is 18.1 Å². The molecule has 12 heteroatoms. The van der Waals surface area contributed by atoms with Crippen LogP contribution in [0, 0.1) is 11.8 Å². The number of H-pyrrole nitrogens is 1. The number of aliphatic carboxylic acids is 1. The maximum atomic E-state index is 14.3. The number of hydrogen-bond donors (Lipinski definition) is 3. The molecule has 55 heavy (non-hydrogen) atoms. The summed E-state index contributed by atoms with van der Waals surface area (Å²) in [5, 5.41) is 13.7. The molecule has 0 radical (unpaired) electrons. The molecule has 3 amide bonds. The predicted molar refractivity (Wildman–Crippen MR) is 214 cm³/mol. The van der Waals surface area contributed by atoms with Crippen molar-refractivity contribution in [1.29, 1.82) is 0 Å². The predicted octanol–water partition coefficient (Wildman–Crippen LogP) is 5.77. The van der Waals surface area contributed by atoms with Crippen molar-refractivity contribution >= 4 is 39.8 Å². The van der Waals surface area contributed by atoms with Gasteiger partial charge in [0.2, 0.25) is 5.91 Å². The monoisotopic (exact) mass is 751 g/mol. The number of hydrogen-bond acceptors (Lipinski definition) is 6. The molecule has 0 bridgehead atoms. The maximum absolute atomic E-state index is 14.3. The van der Waals surface area contributed by atoms with Gasteiger partial charge in [0.15, 0.2) is 0 Å². The molecule has 3 aliphatic heterocycles. The molecule has 5 heterocycles. The van der Waals surface area contributed by atoms with Crippen molar-refractivity contribution in [3.63, 3.8) is 0 Å². The zero-order chi connectivity index (χ0) is 38.6. The van der Waals surface area contributed by atoms with E-state index in [0.29, 0.717) is 63.7 Å². The lowest BCUT2D eigenvalue weighted by Gasteiger charge is -2.42. The van der Waals surface area contributed by atoms with Gasteiger partial charge < -0.3 is 25.2 Å². The smallest absolute Gasteiger partial charge is 0.326 e. The van der Waals surface area contributed by atoms with Crippen LogP contribution < -0.4 is 11.0 Å². The van der Waals surface area contributed by atoms with Gasteiger partial charge in [-0.2, -0.15) is 0 Å². The molecular formula is C43H57N7O5. The third-order valence-corrected chi connectivity index (χ3v) is 12.9. The van der Waals surface area contributed by atoms with E-state index in [4.69, 9.17) is 0 Å². The van der Waals surface area contributed by atoms with Crippen LogP contribution in [0.3, 0.4) is 0 Å². The normalized spacial score (nSPS) is 19.2. The first-order chi connectivity index (χ1) is 26.7. The summed E-state index contributed by atoms with van der Waals surface area (Å²) in [6.45, 7) is 10.1. The van der Waals surface area contributed by atoms with Crippen LogP contribution in [0.2, 0.25) is 0 Å². The third-order valence-electron chi connectivity index (χ3n) is 12.9. The van der Waals surface area contributed by atoms with Gasteiger partial charge in [-0.1, -0.05) is 57.2 Å². The summed E-state index contributed by atoms with van der Waals surface area (Å²) in [6, 6.07) is 12.8. The lowest BCUT2D eigenvalue weighted by atomic mass is 9.78. The van der Waals surface area contributed by atoms with E-state index in [2.05, 4.69) is 52.2 Å². The Bertz CT molecular complexity index is 2050. The number of carbonyl (C=O) groups is 3. The Morgan fingerprint density at radius 3 is 2.16 bits per heavy atom. The minimum atomic E-state index is -0.736. The highest BCUT2D eigenvalue weighted by Gasteiger charge is 2.36. The van der Waals surface area contributed by atoms with E-state index in [1.807, 2.05) is 36.1 Å². The summed E-state index contributed by atoms with van der Waals surface area (Å²) >= 11 is 0. The number of aromatic amines is 1. The lowest BCUT2D eigenvalue weighted by Crippen LogP contribution is -2.55. The molecule has 0 spiro atoms. The number of nitrogens with one attached hydrogen (secondary N) is 2. The minimum Gasteiger partial charge on any atom is -0.480 e. The Kier molecular flexibility index (Phi) is 11.9. The SMILES string of the molecule is CCc1ccc(C[C@@H](NC(=O)N2CCC(n3c(=O)[nH]c4c5ccccc5ncc43)CC2)C(=O)N2CCC(C3CCN(C(CC)C(=O)O)CC3)CC2)cc1CC. The Hall–Kier alpha value is -4.71. The molecule has 3 N–H and O–H groups in total. The second-order valence-electron chi connectivity index (χ2n) is 15.9. The number of amides is 3. The molecule has 0 aliphatic carbocycles. The summed E-state index contributed by atoms with van der Waals surface area (Å²) in [4.78, 5) is 66.7. The molecule has 4 aromatic rings. The summed E-state index contributed by atoms with van der Waals surface area (Å²) in [7, 11) is 0. The Balaban J connectivity index is 1.00. The molecule has 2 atom stereocenters. The Morgan fingerprint density at radius 1 is 0.855 bits per heavy atom. The second-order valence-corrected chi connectivity index (χ2v) is 15.9. The molecule has 2 aromatic heterocycles. The number of para-hydroxylation sites is 1. The van der Waals surface area contributed by atoms with Gasteiger partial charge in [-0.3, -0.25) is 24.0 Å². The van der Waals surface area contributed by atoms with Gasteiger partial charge in [0.1, 0.15) is 12.1 Å². The quantitative estimate of drug-likeness (QED) is 0.177. The number of nitrogens with zero attached hydrogens (tertiary/aromatic N) is 5. The third kappa shape index (κ3) is 8.15. The highest BCUT2D eigenvalue weighted by molar-refractivity contribution is 6.01. The number of carbonyl (C=O) groups excluding carboxylic acids is 2. The number of likely N-dealkylation sites (tertiary alicyclic amines) is 3. The number of urea groups is 1. The summed E-state index contributed by atoms with van der Waals surface area (Å²) in [6.07, 6.45) is 9.71. The number of aryl methyl sites for hydroxylation is 2. The minimum absolute atomic E-state index is 0.0357. The van der Waals surface area contributed by atoms with E-state index in [9.17, 15) is 24.3 Å². The van der Waals surface area contributed by atoms with Crippen molar-refractivity contribution in [2.45, 2.75) is 103 Å². The molecule has 0 saturated carbocycles. The largest absolute Gasteiger partial charge is 0.480 e. The van der Waals surface area contributed by atoms with Crippen LogP contribution in [0.15, 0.2) is 53.5 Å². The van der Waals surface area contributed by atoms with Crippen LogP contribution in [0.5, 0.6) is 0 Å². The molecule has 12 nitrogen and oxygen atoms in total. The number of benzene rings is 2. The van der Waals surface area contributed by atoms with Crippen molar-refractivity contribution in [2.75, 3.05) is 39.3 Å². The molecule has 3 saturated heterocycles. The van der Waals surface area contributed by atoms with Crippen LogP contribution in [-0.2, 0) is 28.9 Å². The van der Waals surface area contributed by atoms with E-state index in [1.165, 1.54) is 11.1 Å². The fourth-order valence-electron chi connectivity index (χ4n) is 9.67. The summed E-state index contributed by atoms with van der Waals surface area (Å²) in [5.74, 6) is 0.281. The second kappa shape index (κ2) is 17.0. The average molecular weight is 752 g/mol. The van der Waals surface area contributed by atoms with E-state index >= 15 is 0 Å². The number of carboxylic acids is 1. The molecular weight excluding hydrogens is 695 g/mol. The standard InChI is InChI=1S/C43H57N7O5/c1-4-29-12-11-28(25-30(29)5-2)26-36(40(51)48-21-15-32(16-22-48)31-13-19-47(20-14-31)37(6-3)41(52)53)45-42(54)49-23-17-33(18-24-49)50-38-27-44-35-10-8-7-9-34(35)39(38)46-43(50)55/h7-12,25,27,31-33,36-37H,4-6,13-24,26H2,1-3H3,(H,45,54)(H,46,55)(H,52,53)/t36-,37?/m1/s1. The van der Waals surface area contributed by atoms with Crippen molar-refractivity contribution < 1.29 is 19.5 Å². The molecule has 2 aromatic carbocycles. The Morgan fingerprint density at radius 2 is 1.51 bits per heavy atom. The fourth-order valence-corrected chi connectivity index (χ4v) is 9.67. The van der Waals surface area contributed by atoms with Crippen molar-refractivity contribution in [3.8, 4) is 0 Å². The molecule has 1 unspecified atom stereocenters. The lowest BCUT2D eigenvalue weighted by molar-refractivity contribution is -0.144. The number of aromatic nitrogens is 3. The first kappa shape index (κ1) is 38.6. The van der Waals surface area contributed by atoms with Gasteiger partial charge >= 0.3 is 17.7 Å². The van der Waals surface area contributed by atoms with Gasteiger partial charge in [-0.15, -0.1) is 0 Å². The molecule has 7 rings (SSSR count). The molecule has 3 fully saturated rings. The summed E-state index contributed by atoms with van der Waals surface area (Å²) < 4.78 is 1.80. The van der Waals surface area contributed by atoms with Gasteiger partial charge in [0.05, 0.1) is 22.7 Å². The zero-order valence-electron chi connectivity index (χ0n) is 32.6. The van der Waals surface area contributed by atoms with E-state index in [0.717, 1.165) is 79.1 Å². The number of imidazole rings is 1. The first-order valence-corrected chi connectivity index (χ1v) is 20.6. The van der Waals surface area contributed by atoms with Crippen LogP contribution >= 0.6 is 0 Å². The van der Waals surface area contributed by atoms with Gasteiger partial charge in [0, 0.05) is 44.0 Å². The molecule has 3 aliphatic rings. The highest BCUT2D eigenvalue weighted by Crippen LogP contribution is 2.34. The van der Waals surface area contributed by atoms with Crippen molar-refractivity contribution in [2.24, 2.45) is 11.8 Å². The number of pyridine rings is 1. The van der Waals surface area contributed by atoms with Crippen LogP contribution in [0.25, 0.3) is 21.9 Å². The van der Waals surface area contributed by atoms with Crippen LogP contribution in [0.4, 0.5) is 4.79 Å². The highest BCUT2D eigenvalue weighted by atomic mass is 16.4. The number of carboxylic acid groups (broad SMARTS) is 1.